The number of hydrogen-bond donors (Lipinski definition) is 3. The molecule has 17 heavy (non-hydrogen) atoms. The van der Waals surface area contributed by atoms with Gasteiger partial charge in [0, 0.05) is 34.3 Å². The van der Waals surface area contributed by atoms with E-state index in [4.69, 9.17) is 11.5 Å². The summed E-state index contributed by atoms with van der Waals surface area (Å²) in [6, 6.07) is 5.96. The van der Waals surface area contributed by atoms with Crippen LogP contribution in [-0.4, -0.2) is 12.3 Å². The average molecular weight is 251 g/mol. The van der Waals surface area contributed by atoms with Crippen LogP contribution in [0, 0.1) is 0 Å². The van der Waals surface area contributed by atoms with Crippen LogP contribution in [0.4, 0.5) is 11.4 Å². The summed E-state index contributed by atoms with van der Waals surface area (Å²) in [5.74, 6) is 0.868. The smallest absolute Gasteiger partial charge is 0.0480 e. The number of nitrogens with two attached hydrogens (primary N) is 2. The van der Waals surface area contributed by atoms with Crippen molar-refractivity contribution in [2.45, 2.75) is 25.2 Å². The number of nitrogens with one attached hydrogen (secondary N) is 1. The molecule has 1 rings (SSSR count). The van der Waals surface area contributed by atoms with Crippen LogP contribution in [0.3, 0.4) is 0 Å². The third-order valence-corrected chi connectivity index (χ3v) is 3.20. The lowest BCUT2D eigenvalue weighted by molar-refractivity contribution is 0.975. The number of thioether (sulfide) groups is 1. The van der Waals surface area contributed by atoms with Crippen LogP contribution in [0.5, 0.6) is 0 Å². The third-order valence-electron chi connectivity index (χ3n) is 2.22. The Balaban J connectivity index is 2.72. The fourth-order valence-electron chi connectivity index (χ4n) is 1.33. The van der Waals surface area contributed by atoms with Crippen LogP contribution in [0.25, 0.3) is 0 Å². The molecule has 5 N–H and O–H groups in total. The molecular formula is C13H21N3S. The van der Waals surface area contributed by atoms with Crippen molar-refractivity contribution in [3.63, 3.8) is 0 Å². The first-order chi connectivity index (χ1) is 8.13. The number of nitrogen functional groups attached to an aromatic ring is 1. The number of hydrogen-bond acceptors (Lipinski definition) is 4. The van der Waals surface area contributed by atoms with E-state index in [2.05, 4.69) is 12.2 Å². The fourth-order valence-corrected chi connectivity index (χ4v) is 2.37. The van der Waals surface area contributed by atoms with Crippen molar-refractivity contribution < 1.29 is 0 Å². The lowest BCUT2D eigenvalue weighted by Gasteiger charge is -2.11. The van der Waals surface area contributed by atoms with E-state index in [-0.39, 0.29) is 0 Å². The Kier molecular flexibility index (Phi) is 5.77. The molecule has 0 heterocycles. The van der Waals surface area contributed by atoms with Gasteiger partial charge in [-0.3, -0.25) is 0 Å². The molecule has 0 saturated carbocycles. The van der Waals surface area contributed by atoms with Crippen LogP contribution in [-0.2, 0) is 0 Å². The van der Waals surface area contributed by atoms with Gasteiger partial charge in [0.05, 0.1) is 0 Å². The quantitative estimate of drug-likeness (QED) is 0.537. The van der Waals surface area contributed by atoms with Crippen molar-refractivity contribution in [2.75, 3.05) is 23.3 Å². The Hall–Kier alpha value is -1.29. The number of rotatable bonds is 6. The standard InChI is InChI=1S/C13H21N3S/c1-3-7-16-12-5-4-11(15)9-13(12)17-8-6-10(2)14/h4-6,9,16H,3,7-8,14-15H2,1-2H3/b10-6+. The number of allylic oxidation sites excluding steroid dienone is 1. The van der Waals surface area contributed by atoms with Gasteiger partial charge in [0.15, 0.2) is 0 Å². The SMILES string of the molecule is CCCNc1ccc(N)cc1SC/C=C(\C)N. The van der Waals surface area contributed by atoms with Crippen molar-refractivity contribution in [3.05, 3.63) is 30.0 Å². The first-order valence-electron chi connectivity index (χ1n) is 5.82. The molecule has 0 fully saturated rings. The summed E-state index contributed by atoms with van der Waals surface area (Å²) in [4.78, 5) is 1.18. The molecule has 0 atom stereocenters. The van der Waals surface area contributed by atoms with Gasteiger partial charge in [0.2, 0.25) is 0 Å². The molecule has 1 aromatic rings. The predicted molar refractivity (Wildman–Crippen MR) is 78.3 cm³/mol. The van der Waals surface area contributed by atoms with E-state index in [0.717, 1.165) is 35.8 Å². The molecule has 0 unspecified atom stereocenters. The number of anilines is 2. The lowest BCUT2D eigenvalue weighted by atomic mass is 10.3. The Bertz CT molecular complexity index is 384. The van der Waals surface area contributed by atoms with E-state index in [1.807, 2.05) is 31.2 Å². The fraction of sp³-hybridized carbons (Fsp3) is 0.385. The highest BCUT2D eigenvalue weighted by Crippen LogP contribution is 2.29. The maximum absolute atomic E-state index is 5.81. The predicted octanol–water partition coefficient (Wildman–Crippen LogP) is 3.05. The minimum absolute atomic E-state index is 0.794. The minimum atomic E-state index is 0.794. The van der Waals surface area contributed by atoms with Crippen LogP contribution in [0.15, 0.2) is 34.9 Å². The topological polar surface area (TPSA) is 64.1 Å². The van der Waals surface area contributed by atoms with Gasteiger partial charge in [-0.1, -0.05) is 13.0 Å². The van der Waals surface area contributed by atoms with Gasteiger partial charge in [-0.25, -0.2) is 0 Å². The molecule has 4 heteroatoms. The van der Waals surface area contributed by atoms with Crippen LogP contribution in [0.1, 0.15) is 20.3 Å². The zero-order chi connectivity index (χ0) is 12.7. The van der Waals surface area contributed by atoms with Gasteiger partial charge in [0.1, 0.15) is 0 Å². The maximum atomic E-state index is 5.81. The summed E-state index contributed by atoms with van der Waals surface area (Å²) in [6.07, 6.45) is 3.12. The summed E-state index contributed by atoms with van der Waals surface area (Å²) in [5.41, 5.74) is 14.2. The molecule has 0 aromatic heterocycles. The highest BCUT2D eigenvalue weighted by molar-refractivity contribution is 7.99. The molecule has 94 valence electrons. The lowest BCUT2D eigenvalue weighted by Crippen LogP contribution is -2.01. The van der Waals surface area contributed by atoms with Crippen molar-refractivity contribution in [1.82, 2.24) is 0 Å². The summed E-state index contributed by atoms with van der Waals surface area (Å²) >= 11 is 1.74. The first-order valence-corrected chi connectivity index (χ1v) is 6.80. The molecule has 0 amide bonds. The molecule has 0 bridgehead atoms. The Morgan fingerprint density at radius 3 is 2.88 bits per heavy atom. The zero-order valence-electron chi connectivity index (χ0n) is 10.5. The maximum Gasteiger partial charge on any atom is 0.0480 e. The number of benzene rings is 1. The van der Waals surface area contributed by atoms with Gasteiger partial charge in [-0.05, 0) is 31.5 Å². The van der Waals surface area contributed by atoms with Crippen molar-refractivity contribution in [2.24, 2.45) is 5.73 Å². The molecule has 0 saturated heterocycles. The summed E-state index contributed by atoms with van der Waals surface area (Å²) in [7, 11) is 0. The molecule has 1 aromatic carbocycles. The normalized spacial score (nSPS) is 11.5. The summed E-state index contributed by atoms with van der Waals surface area (Å²) in [6.45, 7) is 5.02. The molecular weight excluding hydrogens is 230 g/mol. The van der Waals surface area contributed by atoms with Gasteiger partial charge >= 0.3 is 0 Å². The largest absolute Gasteiger partial charge is 0.402 e. The van der Waals surface area contributed by atoms with Gasteiger partial charge in [-0.15, -0.1) is 11.8 Å². The van der Waals surface area contributed by atoms with Crippen molar-refractivity contribution in [3.8, 4) is 0 Å². The van der Waals surface area contributed by atoms with Crippen molar-refractivity contribution in [1.29, 1.82) is 0 Å². The average Bonchev–Trinajstić information content (AvgIpc) is 2.27. The van der Waals surface area contributed by atoms with E-state index in [1.54, 1.807) is 11.8 Å². The molecule has 0 aliphatic heterocycles. The minimum Gasteiger partial charge on any atom is -0.402 e. The molecule has 0 aliphatic carbocycles. The van der Waals surface area contributed by atoms with E-state index < -0.39 is 0 Å². The van der Waals surface area contributed by atoms with E-state index >= 15 is 0 Å². The summed E-state index contributed by atoms with van der Waals surface area (Å²) in [5, 5.41) is 3.40. The molecule has 0 aliphatic rings. The second kappa shape index (κ2) is 7.12. The second-order valence-corrected chi connectivity index (χ2v) is 5.00. The van der Waals surface area contributed by atoms with Crippen molar-refractivity contribution >= 4 is 23.1 Å². The zero-order valence-corrected chi connectivity index (χ0v) is 11.3. The Morgan fingerprint density at radius 2 is 2.24 bits per heavy atom. The van der Waals surface area contributed by atoms with Crippen LogP contribution >= 0.6 is 11.8 Å². The summed E-state index contributed by atoms with van der Waals surface area (Å²) < 4.78 is 0. The second-order valence-electron chi connectivity index (χ2n) is 3.94. The Labute approximate surface area is 108 Å². The van der Waals surface area contributed by atoms with Gasteiger partial charge in [0.25, 0.3) is 0 Å². The van der Waals surface area contributed by atoms with E-state index in [0.29, 0.717) is 0 Å². The third kappa shape index (κ3) is 5.04. The molecule has 0 radical (unpaired) electrons. The monoisotopic (exact) mass is 251 g/mol. The van der Waals surface area contributed by atoms with E-state index in [1.165, 1.54) is 4.90 Å². The van der Waals surface area contributed by atoms with Gasteiger partial charge in [-0.2, -0.15) is 0 Å². The molecule has 3 nitrogen and oxygen atoms in total. The van der Waals surface area contributed by atoms with Crippen LogP contribution in [0.2, 0.25) is 0 Å². The van der Waals surface area contributed by atoms with Crippen LogP contribution < -0.4 is 16.8 Å². The highest BCUT2D eigenvalue weighted by Gasteiger charge is 2.02. The highest BCUT2D eigenvalue weighted by atomic mass is 32.2. The molecule has 0 spiro atoms. The first kappa shape index (κ1) is 13.8. The Morgan fingerprint density at radius 1 is 1.47 bits per heavy atom. The van der Waals surface area contributed by atoms with Gasteiger partial charge < -0.3 is 16.8 Å². The van der Waals surface area contributed by atoms with E-state index in [9.17, 15) is 0 Å².